The number of hydrogen-bond acceptors (Lipinski definition) is 5. The predicted octanol–water partition coefficient (Wildman–Crippen LogP) is 3.38. The van der Waals surface area contributed by atoms with Crippen LogP contribution in [-0.4, -0.2) is 34.3 Å². The molecule has 5 heteroatoms. The second kappa shape index (κ2) is 6.25. The highest BCUT2D eigenvalue weighted by molar-refractivity contribution is 5.86. The van der Waals surface area contributed by atoms with Gasteiger partial charge in [-0.1, -0.05) is 25.5 Å². The first-order valence-electron chi connectivity index (χ1n) is 10.6. The molecule has 1 N–H and O–H groups in total. The topological polar surface area (TPSA) is 80.7 Å². The summed E-state index contributed by atoms with van der Waals surface area (Å²) in [6, 6.07) is 0. The van der Waals surface area contributed by atoms with Gasteiger partial charge in [-0.15, -0.1) is 0 Å². The van der Waals surface area contributed by atoms with Crippen molar-refractivity contribution in [2.75, 3.05) is 0 Å². The molecule has 5 nitrogen and oxygen atoms in total. The molecule has 0 aromatic rings. The predicted molar refractivity (Wildman–Crippen MR) is 103 cm³/mol. The van der Waals surface area contributed by atoms with Crippen LogP contribution in [-0.2, 0) is 19.1 Å². The lowest BCUT2D eigenvalue weighted by molar-refractivity contribution is -0.162. The standard InChI is InChI=1S/C23H32O5/c1-13(24)23(27)12-19(28-14(2)25)20-17-6-5-15-11-16(26)7-9-21(15,3)18(17)8-10-22(20,23)4/h5,17-20,27H,6-12H2,1-4H3/t17-,18+,19-,20-,21+,22+,23+/m1/s1. The highest BCUT2D eigenvalue weighted by Gasteiger charge is 2.69. The highest BCUT2D eigenvalue weighted by atomic mass is 16.5. The van der Waals surface area contributed by atoms with E-state index >= 15 is 0 Å². The van der Waals surface area contributed by atoms with E-state index in [9.17, 15) is 19.5 Å². The average molecular weight is 389 g/mol. The summed E-state index contributed by atoms with van der Waals surface area (Å²) in [4.78, 5) is 36.3. The van der Waals surface area contributed by atoms with Crippen molar-refractivity contribution >= 4 is 17.5 Å². The molecule has 0 unspecified atom stereocenters. The van der Waals surface area contributed by atoms with Gasteiger partial charge in [0.25, 0.3) is 0 Å². The van der Waals surface area contributed by atoms with Crippen LogP contribution >= 0.6 is 0 Å². The fraction of sp³-hybridized carbons (Fsp3) is 0.783. The van der Waals surface area contributed by atoms with Crippen molar-refractivity contribution in [1.29, 1.82) is 0 Å². The molecule has 154 valence electrons. The van der Waals surface area contributed by atoms with Gasteiger partial charge in [-0.25, -0.2) is 0 Å². The summed E-state index contributed by atoms with van der Waals surface area (Å²) in [7, 11) is 0. The fourth-order valence-electron chi connectivity index (χ4n) is 7.42. The second-order valence-corrected chi connectivity index (χ2v) is 10.1. The summed E-state index contributed by atoms with van der Waals surface area (Å²) >= 11 is 0. The van der Waals surface area contributed by atoms with Gasteiger partial charge in [0.15, 0.2) is 5.78 Å². The van der Waals surface area contributed by atoms with E-state index in [-0.39, 0.29) is 35.4 Å². The van der Waals surface area contributed by atoms with Crippen LogP contribution in [0.2, 0.25) is 0 Å². The van der Waals surface area contributed by atoms with Crippen LogP contribution in [0, 0.1) is 28.6 Å². The Labute approximate surface area is 166 Å². The summed E-state index contributed by atoms with van der Waals surface area (Å²) in [5.74, 6) is 0.339. The molecule has 3 saturated carbocycles. The molecule has 0 saturated heterocycles. The number of carbonyl (C=O) groups is 3. The largest absolute Gasteiger partial charge is 0.462 e. The number of fused-ring (bicyclic) bond motifs is 5. The van der Waals surface area contributed by atoms with Crippen LogP contribution in [0.15, 0.2) is 11.6 Å². The molecule has 4 aliphatic rings. The number of aliphatic hydroxyl groups is 1. The number of ether oxygens (including phenoxy) is 1. The summed E-state index contributed by atoms with van der Waals surface area (Å²) < 4.78 is 5.70. The summed E-state index contributed by atoms with van der Waals surface area (Å²) in [5.41, 5.74) is -0.768. The number of hydrogen-bond donors (Lipinski definition) is 1. The number of Topliss-reactive ketones (excluding diaryl/α,β-unsaturated/α-hetero) is 2. The zero-order valence-electron chi connectivity index (χ0n) is 17.4. The second-order valence-electron chi connectivity index (χ2n) is 10.1. The molecule has 4 rings (SSSR count). The first kappa shape index (κ1) is 19.8. The number of ketones is 2. The fourth-order valence-corrected chi connectivity index (χ4v) is 7.42. The first-order valence-corrected chi connectivity index (χ1v) is 10.6. The van der Waals surface area contributed by atoms with Crippen molar-refractivity contribution in [3.05, 3.63) is 11.6 Å². The summed E-state index contributed by atoms with van der Waals surface area (Å²) in [5, 5.41) is 11.4. The third-order valence-electron chi connectivity index (χ3n) is 8.93. The molecule has 0 aliphatic heterocycles. The molecule has 0 amide bonds. The van der Waals surface area contributed by atoms with E-state index in [1.807, 2.05) is 6.92 Å². The molecule has 0 spiro atoms. The zero-order valence-corrected chi connectivity index (χ0v) is 17.4. The number of carbonyl (C=O) groups excluding carboxylic acids is 3. The van der Waals surface area contributed by atoms with Gasteiger partial charge in [0.05, 0.1) is 0 Å². The lowest BCUT2D eigenvalue weighted by atomic mass is 9.46. The highest BCUT2D eigenvalue weighted by Crippen LogP contribution is 2.67. The smallest absolute Gasteiger partial charge is 0.302 e. The molecule has 0 aromatic carbocycles. The Morgan fingerprint density at radius 3 is 2.57 bits per heavy atom. The lowest BCUT2D eigenvalue weighted by Gasteiger charge is -2.58. The van der Waals surface area contributed by atoms with Gasteiger partial charge >= 0.3 is 5.97 Å². The Hall–Kier alpha value is -1.49. The van der Waals surface area contributed by atoms with Crippen molar-refractivity contribution in [1.82, 2.24) is 0 Å². The van der Waals surface area contributed by atoms with E-state index in [1.54, 1.807) is 0 Å². The quantitative estimate of drug-likeness (QED) is 0.579. The molecule has 3 fully saturated rings. The minimum absolute atomic E-state index is 0.00411. The van der Waals surface area contributed by atoms with E-state index in [4.69, 9.17) is 4.74 Å². The molecule has 0 aromatic heterocycles. The van der Waals surface area contributed by atoms with Gasteiger partial charge in [0, 0.05) is 37.5 Å². The lowest BCUT2D eigenvalue weighted by Crippen LogP contribution is -2.57. The zero-order chi connectivity index (χ0) is 20.5. The molecular weight excluding hydrogens is 356 g/mol. The number of esters is 1. The van der Waals surface area contributed by atoms with Crippen molar-refractivity contribution in [2.24, 2.45) is 28.6 Å². The van der Waals surface area contributed by atoms with Crippen LogP contribution in [0.5, 0.6) is 0 Å². The van der Waals surface area contributed by atoms with Gasteiger partial charge < -0.3 is 9.84 Å². The van der Waals surface area contributed by atoms with Crippen molar-refractivity contribution in [2.45, 2.75) is 84.3 Å². The molecule has 0 bridgehead atoms. The first-order chi connectivity index (χ1) is 13.0. The van der Waals surface area contributed by atoms with Gasteiger partial charge in [-0.05, 0) is 49.9 Å². The SMILES string of the molecule is CC(=O)O[C@@H]1C[C@](O)(C(C)=O)[C@@]2(C)CC[C@H]3[C@@H](CC=C4CC(=O)CC[C@@]43C)[C@H]12. The van der Waals surface area contributed by atoms with Gasteiger partial charge in [-0.2, -0.15) is 0 Å². The van der Waals surface area contributed by atoms with E-state index in [2.05, 4.69) is 13.0 Å². The van der Waals surface area contributed by atoms with Crippen LogP contribution in [0.25, 0.3) is 0 Å². The molecular formula is C23H32O5. The molecule has 0 radical (unpaired) electrons. The van der Waals surface area contributed by atoms with Crippen LogP contribution in [0.1, 0.15) is 72.6 Å². The summed E-state index contributed by atoms with van der Waals surface area (Å²) in [6.45, 7) is 7.16. The molecule has 28 heavy (non-hydrogen) atoms. The third-order valence-corrected chi connectivity index (χ3v) is 8.93. The Morgan fingerprint density at radius 2 is 1.93 bits per heavy atom. The van der Waals surface area contributed by atoms with Gasteiger partial charge in [0.2, 0.25) is 0 Å². The minimum Gasteiger partial charge on any atom is -0.462 e. The maximum absolute atomic E-state index is 12.5. The summed E-state index contributed by atoms with van der Waals surface area (Å²) in [6.07, 6.45) is 6.56. The van der Waals surface area contributed by atoms with Gasteiger partial charge in [0.1, 0.15) is 17.5 Å². The Bertz CT molecular complexity index is 769. The normalized spacial score (nSPS) is 47.5. The Kier molecular flexibility index (Phi) is 4.42. The molecule has 0 heterocycles. The van der Waals surface area contributed by atoms with E-state index in [1.165, 1.54) is 19.4 Å². The number of allylic oxidation sites excluding steroid dienone is 2. The van der Waals surface area contributed by atoms with E-state index in [0.29, 0.717) is 24.5 Å². The number of rotatable bonds is 2. The maximum Gasteiger partial charge on any atom is 0.302 e. The van der Waals surface area contributed by atoms with Crippen molar-refractivity contribution in [3.8, 4) is 0 Å². The van der Waals surface area contributed by atoms with E-state index in [0.717, 1.165) is 25.7 Å². The van der Waals surface area contributed by atoms with Crippen LogP contribution in [0.4, 0.5) is 0 Å². The van der Waals surface area contributed by atoms with Crippen molar-refractivity contribution < 1.29 is 24.2 Å². The molecule has 7 atom stereocenters. The molecule has 4 aliphatic carbocycles. The van der Waals surface area contributed by atoms with Crippen LogP contribution < -0.4 is 0 Å². The maximum atomic E-state index is 12.5. The minimum atomic E-state index is -1.45. The monoisotopic (exact) mass is 388 g/mol. The average Bonchev–Trinajstić information content (AvgIpc) is 2.83. The Morgan fingerprint density at radius 1 is 1.21 bits per heavy atom. The Balaban J connectivity index is 1.77. The van der Waals surface area contributed by atoms with E-state index < -0.39 is 17.1 Å². The third kappa shape index (κ3) is 2.51. The van der Waals surface area contributed by atoms with Gasteiger partial charge in [-0.3, -0.25) is 14.4 Å². The van der Waals surface area contributed by atoms with Crippen molar-refractivity contribution in [3.63, 3.8) is 0 Å². The van der Waals surface area contributed by atoms with Crippen LogP contribution in [0.3, 0.4) is 0 Å².